The van der Waals surface area contributed by atoms with Gasteiger partial charge in [-0.25, -0.2) is 9.99 Å². The molecule has 3 fully saturated rings. The lowest BCUT2D eigenvalue weighted by Crippen LogP contribution is -2.49. The fourth-order valence-electron chi connectivity index (χ4n) is 4.80. The molecule has 1 aromatic heterocycles. The number of hydrogen-bond acceptors (Lipinski definition) is 5. The lowest BCUT2D eigenvalue weighted by atomic mass is 9.61. The predicted molar refractivity (Wildman–Crippen MR) is 119 cm³/mol. The lowest BCUT2D eigenvalue weighted by Gasteiger charge is -2.50. The molecule has 7 nitrogen and oxygen atoms in total. The molecule has 2 N–H and O–H groups in total. The Morgan fingerprint density at radius 3 is 2.70 bits per heavy atom. The minimum atomic E-state index is -0.249. The van der Waals surface area contributed by atoms with Gasteiger partial charge in [-0.2, -0.15) is 5.10 Å². The minimum absolute atomic E-state index is 0.118. The zero-order valence-corrected chi connectivity index (χ0v) is 18.2. The molecular weight excluding hydrogens is 378 g/mol. The summed E-state index contributed by atoms with van der Waals surface area (Å²) in [5.74, 6) is 2.29. The van der Waals surface area contributed by atoms with Gasteiger partial charge in [-0.05, 0) is 76.0 Å². The van der Waals surface area contributed by atoms with Gasteiger partial charge in [-0.3, -0.25) is 9.59 Å². The molecule has 4 rings (SSSR count). The summed E-state index contributed by atoms with van der Waals surface area (Å²) in [5, 5.41) is 11.8. The molecule has 7 heteroatoms. The molecule has 1 unspecified atom stereocenters. The fraction of sp³-hybridized carbons (Fsp3) is 0.565. The van der Waals surface area contributed by atoms with Crippen LogP contribution in [0.1, 0.15) is 58.4 Å². The number of rotatable bonds is 9. The van der Waals surface area contributed by atoms with E-state index < -0.39 is 0 Å². The van der Waals surface area contributed by atoms with E-state index in [9.17, 15) is 9.59 Å². The van der Waals surface area contributed by atoms with Crippen molar-refractivity contribution in [1.29, 1.82) is 0 Å². The molecule has 1 atom stereocenters. The molecule has 0 saturated heterocycles. The summed E-state index contributed by atoms with van der Waals surface area (Å²) in [6.07, 6.45) is 12.2. The van der Waals surface area contributed by atoms with E-state index in [1.807, 2.05) is 32.1 Å². The molecule has 0 spiro atoms. The highest BCUT2D eigenvalue weighted by Gasteiger charge is 2.44. The molecule has 3 aliphatic carbocycles. The van der Waals surface area contributed by atoms with Gasteiger partial charge in [0.1, 0.15) is 12.4 Å². The SMILES string of the molecule is C/C=C\C(=N/N(C=O)CC(=O)NCC)c1ccc(NC23CCC(CC2)C(C)C3)nc1. The van der Waals surface area contributed by atoms with E-state index in [0.717, 1.165) is 28.2 Å². The van der Waals surface area contributed by atoms with Crippen LogP contribution < -0.4 is 10.6 Å². The largest absolute Gasteiger partial charge is 0.365 e. The number of nitrogens with one attached hydrogen (secondary N) is 2. The van der Waals surface area contributed by atoms with E-state index in [2.05, 4.69) is 27.6 Å². The molecule has 0 aliphatic heterocycles. The second kappa shape index (κ2) is 9.87. The molecule has 162 valence electrons. The number of fused-ring (bicyclic) bond motifs is 3. The average molecular weight is 412 g/mol. The van der Waals surface area contributed by atoms with Crippen LogP contribution in [0.4, 0.5) is 5.82 Å². The molecule has 2 amide bonds. The van der Waals surface area contributed by atoms with E-state index in [1.54, 1.807) is 12.3 Å². The Balaban J connectivity index is 1.73. The van der Waals surface area contributed by atoms with Gasteiger partial charge in [-0.1, -0.05) is 13.0 Å². The van der Waals surface area contributed by atoms with Crippen LogP contribution in [0.2, 0.25) is 0 Å². The van der Waals surface area contributed by atoms with Crippen LogP contribution in [0.15, 0.2) is 35.6 Å². The third kappa shape index (κ3) is 5.26. The molecule has 1 heterocycles. The Morgan fingerprint density at radius 2 is 2.13 bits per heavy atom. The second-order valence-electron chi connectivity index (χ2n) is 8.50. The first-order chi connectivity index (χ1) is 14.5. The molecule has 0 aromatic carbocycles. The molecule has 30 heavy (non-hydrogen) atoms. The Bertz CT molecular complexity index is 794. The van der Waals surface area contributed by atoms with E-state index in [-0.39, 0.29) is 18.0 Å². The Morgan fingerprint density at radius 1 is 1.37 bits per heavy atom. The monoisotopic (exact) mass is 411 g/mol. The fourth-order valence-corrected chi connectivity index (χ4v) is 4.80. The quantitative estimate of drug-likeness (QED) is 0.371. The number of pyridine rings is 1. The van der Waals surface area contributed by atoms with Crippen molar-refractivity contribution in [1.82, 2.24) is 15.3 Å². The Hall–Kier alpha value is -2.70. The number of aromatic nitrogens is 1. The molecule has 3 saturated carbocycles. The van der Waals surface area contributed by atoms with Crippen LogP contribution >= 0.6 is 0 Å². The van der Waals surface area contributed by atoms with E-state index in [4.69, 9.17) is 0 Å². The molecular formula is C23H33N5O2. The number of hydrogen-bond donors (Lipinski definition) is 2. The Labute approximate surface area is 179 Å². The van der Waals surface area contributed by atoms with Crippen LogP contribution in [0.3, 0.4) is 0 Å². The van der Waals surface area contributed by atoms with E-state index >= 15 is 0 Å². The molecule has 1 aromatic rings. The van der Waals surface area contributed by atoms with Crippen LogP contribution in [-0.4, -0.2) is 46.7 Å². The summed E-state index contributed by atoms with van der Waals surface area (Å²) < 4.78 is 0. The second-order valence-corrected chi connectivity index (χ2v) is 8.50. The van der Waals surface area contributed by atoms with Crippen molar-refractivity contribution in [2.24, 2.45) is 16.9 Å². The van der Waals surface area contributed by atoms with Crippen LogP contribution in [0.5, 0.6) is 0 Å². The molecule has 2 bridgehead atoms. The highest BCUT2D eigenvalue weighted by atomic mass is 16.2. The highest BCUT2D eigenvalue weighted by molar-refractivity contribution is 6.08. The van der Waals surface area contributed by atoms with Crippen molar-refractivity contribution in [3.63, 3.8) is 0 Å². The number of hydrazone groups is 1. The van der Waals surface area contributed by atoms with Crippen molar-refractivity contribution in [2.45, 2.75) is 58.4 Å². The average Bonchev–Trinajstić information content (AvgIpc) is 2.74. The van der Waals surface area contributed by atoms with Crippen molar-refractivity contribution < 1.29 is 9.59 Å². The van der Waals surface area contributed by atoms with Gasteiger partial charge in [0, 0.05) is 23.8 Å². The van der Waals surface area contributed by atoms with Gasteiger partial charge in [0.15, 0.2) is 0 Å². The first kappa shape index (κ1) is 22.0. The van der Waals surface area contributed by atoms with Crippen LogP contribution in [0, 0.1) is 11.8 Å². The van der Waals surface area contributed by atoms with Crippen molar-refractivity contribution >= 4 is 23.8 Å². The van der Waals surface area contributed by atoms with Crippen molar-refractivity contribution in [3.8, 4) is 0 Å². The van der Waals surface area contributed by atoms with E-state index in [0.29, 0.717) is 18.7 Å². The zero-order chi connectivity index (χ0) is 21.6. The summed E-state index contributed by atoms with van der Waals surface area (Å²) in [7, 11) is 0. The first-order valence-corrected chi connectivity index (χ1v) is 10.9. The third-order valence-electron chi connectivity index (χ3n) is 6.32. The van der Waals surface area contributed by atoms with Gasteiger partial charge in [0.2, 0.25) is 12.3 Å². The number of carbonyl (C=O) groups excluding carboxylic acids is 2. The molecule has 3 aliphatic rings. The number of likely N-dealkylation sites (N-methyl/N-ethyl adjacent to an activating group) is 1. The third-order valence-corrected chi connectivity index (χ3v) is 6.32. The normalized spacial score (nSPS) is 25.9. The van der Waals surface area contributed by atoms with Gasteiger partial charge < -0.3 is 10.6 Å². The minimum Gasteiger partial charge on any atom is -0.365 e. The maximum Gasteiger partial charge on any atom is 0.241 e. The number of anilines is 1. The van der Waals surface area contributed by atoms with Crippen LogP contribution in [-0.2, 0) is 9.59 Å². The van der Waals surface area contributed by atoms with Gasteiger partial charge in [0.25, 0.3) is 0 Å². The standard InChI is InChI=1S/C23H33N5O2/c1-4-6-20(27-28(16-29)15-22(30)24-5-2)19-7-8-21(25-14-19)26-23-11-9-18(10-12-23)17(3)13-23/h4,6-8,14,16-18H,5,9-13,15H2,1-3H3,(H,24,30)(H,25,26)/b6-4-,27-20+. The smallest absolute Gasteiger partial charge is 0.241 e. The van der Waals surface area contributed by atoms with Crippen molar-refractivity contribution in [2.75, 3.05) is 18.4 Å². The number of amides is 2. The number of nitrogens with zero attached hydrogens (tertiary/aromatic N) is 3. The summed E-state index contributed by atoms with van der Waals surface area (Å²) in [4.78, 5) is 27.8. The first-order valence-electron chi connectivity index (χ1n) is 10.9. The Kier molecular flexibility index (Phi) is 7.24. The highest BCUT2D eigenvalue weighted by Crippen LogP contribution is 2.48. The summed E-state index contributed by atoms with van der Waals surface area (Å²) in [6, 6.07) is 3.93. The van der Waals surface area contributed by atoms with E-state index in [1.165, 1.54) is 32.1 Å². The summed E-state index contributed by atoms with van der Waals surface area (Å²) in [5.41, 5.74) is 1.54. The summed E-state index contributed by atoms with van der Waals surface area (Å²) >= 11 is 0. The van der Waals surface area contributed by atoms with Crippen molar-refractivity contribution in [3.05, 3.63) is 36.0 Å². The van der Waals surface area contributed by atoms with Gasteiger partial charge in [0.05, 0.1) is 5.71 Å². The van der Waals surface area contributed by atoms with Crippen LogP contribution in [0.25, 0.3) is 0 Å². The number of carbonyl (C=O) groups is 2. The lowest BCUT2D eigenvalue weighted by molar-refractivity contribution is -0.127. The topological polar surface area (TPSA) is 86.7 Å². The maximum absolute atomic E-state index is 11.8. The number of allylic oxidation sites excluding steroid dienone is 2. The summed E-state index contributed by atoms with van der Waals surface area (Å²) in [6.45, 7) is 6.48. The van der Waals surface area contributed by atoms with Gasteiger partial charge in [-0.15, -0.1) is 0 Å². The zero-order valence-electron chi connectivity index (χ0n) is 18.2. The molecule has 0 radical (unpaired) electrons. The maximum atomic E-state index is 11.8. The van der Waals surface area contributed by atoms with Gasteiger partial charge >= 0.3 is 0 Å². The predicted octanol–water partition coefficient (Wildman–Crippen LogP) is 3.34.